The zero-order chi connectivity index (χ0) is 22.8. The quantitative estimate of drug-likeness (QED) is 0.657. The van der Waals surface area contributed by atoms with Crippen LogP contribution in [-0.4, -0.2) is 25.2 Å². The van der Waals surface area contributed by atoms with Gasteiger partial charge in [-0.15, -0.1) is 0 Å². The van der Waals surface area contributed by atoms with Gasteiger partial charge in [-0.05, 0) is 44.7 Å². The number of hydrogen-bond donors (Lipinski definition) is 1. The van der Waals surface area contributed by atoms with Crippen LogP contribution in [0.25, 0.3) is 11.4 Å². The summed E-state index contributed by atoms with van der Waals surface area (Å²) in [5.74, 6) is 0.136. The molecule has 0 bridgehead atoms. The Morgan fingerprint density at radius 3 is 2.72 bits per heavy atom. The van der Waals surface area contributed by atoms with Crippen molar-refractivity contribution in [2.75, 3.05) is 5.32 Å². The number of anilines is 1. The average Bonchev–Trinajstić information content (AvgIpc) is 3.10. The van der Waals surface area contributed by atoms with E-state index in [1.54, 1.807) is 4.57 Å². The number of rotatable bonds is 5. The molecule has 32 heavy (non-hydrogen) atoms. The second-order valence-electron chi connectivity index (χ2n) is 8.19. The lowest BCUT2D eigenvalue weighted by atomic mass is 10.1. The lowest BCUT2D eigenvalue weighted by Gasteiger charge is -2.16. The van der Waals surface area contributed by atoms with Gasteiger partial charge in [0.05, 0.1) is 0 Å². The summed E-state index contributed by atoms with van der Waals surface area (Å²) in [6.45, 7) is 5.84. The predicted molar refractivity (Wildman–Crippen MR) is 120 cm³/mol. The van der Waals surface area contributed by atoms with Crippen LogP contribution in [-0.2, 0) is 30.7 Å². The van der Waals surface area contributed by atoms with E-state index in [0.717, 1.165) is 35.0 Å². The molecule has 0 spiro atoms. The molecule has 0 fully saturated rings. The summed E-state index contributed by atoms with van der Waals surface area (Å²) in [5.41, 5.74) is 2.45. The van der Waals surface area contributed by atoms with Crippen LogP contribution in [0.2, 0.25) is 0 Å². The van der Waals surface area contributed by atoms with E-state index < -0.39 is 23.7 Å². The van der Waals surface area contributed by atoms with Crippen LogP contribution >= 0.6 is 0 Å². The third kappa shape index (κ3) is 4.15. The van der Waals surface area contributed by atoms with E-state index in [1.807, 2.05) is 39.0 Å². The first-order chi connectivity index (χ1) is 15.4. The zero-order valence-corrected chi connectivity index (χ0v) is 18.6. The summed E-state index contributed by atoms with van der Waals surface area (Å²) < 4.78 is 7.79. The van der Waals surface area contributed by atoms with Gasteiger partial charge in [-0.3, -0.25) is 18.7 Å². The van der Waals surface area contributed by atoms with Gasteiger partial charge in [0.2, 0.25) is 17.6 Å². The molecule has 0 radical (unpaired) electrons. The molecule has 9 heteroatoms. The van der Waals surface area contributed by atoms with Crippen molar-refractivity contribution in [2.45, 2.75) is 66.0 Å². The van der Waals surface area contributed by atoms with E-state index >= 15 is 0 Å². The fourth-order valence-electron chi connectivity index (χ4n) is 4.12. The van der Waals surface area contributed by atoms with E-state index in [2.05, 4.69) is 15.5 Å². The number of aromatic nitrogens is 4. The van der Waals surface area contributed by atoms with Crippen LogP contribution in [0.4, 0.5) is 5.69 Å². The number of hydrogen-bond acceptors (Lipinski definition) is 6. The van der Waals surface area contributed by atoms with E-state index in [4.69, 9.17) is 4.52 Å². The van der Waals surface area contributed by atoms with Crippen molar-refractivity contribution in [3.05, 3.63) is 61.7 Å². The second kappa shape index (κ2) is 8.94. The molecule has 1 aromatic carbocycles. The lowest BCUT2D eigenvalue weighted by Crippen LogP contribution is -2.44. The van der Waals surface area contributed by atoms with Gasteiger partial charge < -0.3 is 9.84 Å². The third-order valence-electron chi connectivity index (χ3n) is 5.78. The molecule has 4 rings (SSSR count). The number of carbonyl (C=O) groups is 1. The molecule has 1 N–H and O–H groups in total. The SMILES string of the molecule is CCc1nc(-c2c3n(c(=O)n(CC(=O)Nc4ccc(C)cc4C)c2=O)CCCCC3)no1. The number of aryl methyl sites for hydroxylation is 3. The number of fused-ring (bicyclic) bond motifs is 1. The Bertz CT molecular complexity index is 1280. The van der Waals surface area contributed by atoms with Crippen LogP contribution in [0, 0.1) is 13.8 Å². The van der Waals surface area contributed by atoms with E-state index in [1.165, 1.54) is 0 Å². The van der Waals surface area contributed by atoms with Crippen molar-refractivity contribution in [2.24, 2.45) is 0 Å². The fourth-order valence-corrected chi connectivity index (χ4v) is 4.12. The first kappa shape index (κ1) is 21.7. The molecule has 168 valence electrons. The standard InChI is InChI=1S/C23H27N5O4/c1-4-19-25-21(26-32-19)20-17-8-6-5-7-11-27(17)23(31)28(22(20)30)13-18(29)24-16-10-9-14(2)12-15(16)3/h9-10,12H,4-8,11,13H2,1-3H3,(H,24,29). The molecular weight excluding hydrogens is 410 g/mol. The molecule has 3 aromatic rings. The van der Waals surface area contributed by atoms with Crippen LogP contribution in [0.15, 0.2) is 32.3 Å². The predicted octanol–water partition coefficient (Wildman–Crippen LogP) is 2.60. The van der Waals surface area contributed by atoms with E-state index in [0.29, 0.717) is 36.7 Å². The average molecular weight is 438 g/mol. The Labute approximate surface area is 185 Å². The summed E-state index contributed by atoms with van der Waals surface area (Å²) in [4.78, 5) is 43.8. The molecule has 0 saturated heterocycles. The minimum Gasteiger partial charge on any atom is -0.339 e. The Hall–Kier alpha value is -3.49. The number of amides is 1. The maximum absolute atomic E-state index is 13.4. The summed E-state index contributed by atoms with van der Waals surface area (Å²) in [6, 6.07) is 5.66. The highest BCUT2D eigenvalue weighted by Crippen LogP contribution is 2.22. The van der Waals surface area contributed by atoms with Gasteiger partial charge in [0.15, 0.2) is 0 Å². The molecule has 1 aliphatic rings. The van der Waals surface area contributed by atoms with Gasteiger partial charge in [0.1, 0.15) is 12.1 Å². The molecule has 0 atom stereocenters. The Morgan fingerprint density at radius 2 is 2.00 bits per heavy atom. The Balaban J connectivity index is 1.77. The molecule has 0 aliphatic carbocycles. The minimum absolute atomic E-state index is 0.168. The smallest absolute Gasteiger partial charge is 0.331 e. The summed E-state index contributed by atoms with van der Waals surface area (Å²) >= 11 is 0. The second-order valence-corrected chi connectivity index (χ2v) is 8.19. The van der Waals surface area contributed by atoms with Crippen LogP contribution in [0.1, 0.15) is 48.9 Å². The van der Waals surface area contributed by atoms with E-state index in [9.17, 15) is 14.4 Å². The Kier molecular flexibility index (Phi) is 6.07. The first-order valence-electron chi connectivity index (χ1n) is 11.0. The molecule has 0 unspecified atom stereocenters. The largest absolute Gasteiger partial charge is 0.339 e. The van der Waals surface area contributed by atoms with Crippen molar-refractivity contribution >= 4 is 11.6 Å². The molecule has 9 nitrogen and oxygen atoms in total. The highest BCUT2D eigenvalue weighted by atomic mass is 16.5. The highest BCUT2D eigenvalue weighted by molar-refractivity contribution is 5.91. The lowest BCUT2D eigenvalue weighted by molar-refractivity contribution is -0.116. The summed E-state index contributed by atoms with van der Waals surface area (Å²) in [6.07, 6.45) is 3.75. The number of benzene rings is 1. The van der Waals surface area contributed by atoms with Gasteiger partial charge in [0, 0.05) is 24.3 Å². The van der Waals surface area contributed by atoms with Crippen LogP contribution in [0.5, 0.6) is 0 Å². The number of nitrogens with one attached hydrogen (secondary N) is 1. The van der Waals surface area contributed by atoms with Gasteiger partial charge in [-0.25, -0.2) is 4.79 Å². The van der Waals surface area contributed by atoms with Gasteiger partial charge in [0.25, 0.3) is 5.56 Å². The van der Waals surface area contributed by atoms with Crippen molar-refractivity contribution < 1.29 is 9.32 Å². The maximum Gasteiger partial charge on any atom is 0.331 e. The first-order valence-corrected chi connectivity index (χ1v) is 11.0. The monoisotopic (exact) mass is 437 g/mol. The van der Waals surface area contributed by atoms with Crippen molar-refractivity contribution in [3.8, 4) is 11.4 Å². The molecular formula is C23H27N5O4. The number of nitrogens with zero attached hydrogens (tertiary/aromatic N) is 4. The summed E-state index contributed by atoms with van der Waals surface area (Å²) in [7, 11) is 0. The van der Waals surface area contributed by atoms with Crippen molar-refractivity contribution in [1.29, 1.82) is 0 Å². The molecule has 2 aromatic heterocycles. The summed E-state index contributed by atoms with van der Waals surface area (Å²) in [5, 5.41) is 6.79. The molecule has 1 aliphatic heterocycles. The fraction of sp³-hybridized carbons (Fsp3) is 0.435. The van der Waals surface area contributed by atoms with Crippen LogP contribution < -0.4 is 16.6 Å². The van der Waals surface area contributed by atoms with E-state index in [-0.39, 0.29) is 11.4 Å². The zero-order valence-electron chi connectivity index (χ0n) is 18.6. The number of carbonyl (C=O) groups excluding carboxylic acids is 1. The maximum atomic E-state index is 13.4. The Morgan fingerprint density at radius 1 is 1.19 bits per heavy atom. The van der Waals surface area contributed by atoms with Crippen molar-refractivity contribution in [3.63, 3.8) is 0 Å². The van der Waals surface area contributed by atoms with Gasteiger partial charge >= 0.3 is 5.69 Å². The van der Waals surface area contributed by atoms with Crippen LogP contribution in [0.3, 0.4) is 0 Å². The molecule has 0 saturated carbocycles. The third-order valence-corrected chi connectivity index (χ3v) is 5.78. The minimum atomic E-state index is -0.567. The van der Waals surface area contributed by atoms with Gasteiger partial charge in [-0.1, -0.05) is 36.2 Å². The molecule has 1 amide bonds. The van der Waals surface area contributed by atoms with Gasteiger partial charge in [-0.2, -0.15) is 4.98 Å². The highest BCUT2D eigenvalue weighted by Gasteiger charge is 2.25. The topological polar surface area (TPSA) is 112 Å². The normalized spacial score (nSPS) is 13.5. The molecule has 3 heterocycles. The van der Waals surface area contributed by atoms with Crippen molar-refractivity contribution in [1.82, 2.24) is 19.3 Å².